The molecule has 102 valence electrons. The zero-order valence-electron chi connectivity index (χ0n) is 11.5. The number of rotatable bonds is 5. The highest BCUT2D eigenvalue weighted by Gasteiger charge is 2.13. The molecule has 0 aliphatic carbocycles. The van der Waals surface area contributed by atoms with E-state index >= 15 is 0 Å². The van der Waals surface area contributed by atoms with Crippen LogP contribution < -0.4 is 5.32 Å². The Hall–Kier alpha value is -1.71. The van der Waals surface area contributed by atoms with Crippen LogP contribution >= 0.6 is 11.3 Å². The molecule has 3 heteroatoms. The number of likely N-dealkylation sites (N-methyl/N-ethyl adjacent to an activating group) is 1. The number of hydrogen-bond acceptors (Lipinski definition) is 3. The second kappa shape index (κ2) is 6.16. The third-order valence-corrected chi connectivity index (χ3v) is 4.53. The van der Waals surface area contributed by atoms with Gasteiger partial charge in [0.15, 0.2) is 0 Å². The van der Waals surface area contributed by atoms with Crippen LogP contribution in [0.3, 0.4) is 0 Å². The maximum atomic E-state index is 4.24. The largest absolute Gasteiger partial charge is 0.310 e. The molecule has 0 amide bonds. The van der Waals surface area contributed by atoms with Crippen LogP contribution in [0.4, 0.5) is 0 Å². The summed E-state index contributed by atoms with van der Waals surface area (Å²) < 4.78 is 1.36. The van der Waals surface area contributed by atoms with Crippen LogP contribution in [0.5, 0.6) is 0 Å². The van der Waals surface area contributed by atoms with Gasteiger partial charge in [0.05, 0.1) is 0 Å². The molecule has 0 radical (unpaired) electrons. The summed E-state index contributed by atoms with van der Waals surface area (Å²) in [4.78, 5) is 4.24. The van der Waals surface area contributed by atoms with E-state index in [1.165, 1.54) is 21.2 Å². The summed E-state index contributed by atoms with van der Waals surface area (Å²) in [7, 11) is 0. The normalized spacial score (nSPS) is 12.7. The maximum absolute atomic E-state index is 4.24. The lowest BCUT2D eigenvalue weighted by atomic mass is 10.00. The maximum Gasteiger partial charge on any atom is 0.0376 e. The van der Waals surface area contributed by atoms with Crippen LogP contribution in [0.2, 0.25) is 0 Å². The second-order valence-corrected chi connectivity index (χ2v) is 5.77. The minimum Gasteiger partial charge on any atom is -0.310 e. The van der Waals surface area contributed by atoms with Gasteiger partial charge >= 0.3 is 0 Å². The monoisotopic (exact) mass is 282 g/mol. The van der Waals surface area contributed by atoms with E-state index in [9.17, 15) is 0 Å². The highest BCUT2D eigenvalue weighted by molar-refractivity contribution is 7.17. The first-order valence-corrected chi connectivity index (χ1v) is 7.85. The molecule has 2 aromatic heterocycles. The van der Waals surface area contributed by atoms with Crippen molar-refractivity contribution in [2.75, 3.05) is 6.54 Å². The van der Waals surface area contributed by atoms with Gasteiger partial charge in [0.25, 0.3) is 0 Å². The van der Waals surface area contributed by atoms with Crippen LogP contribution in [-0.2, 0) is 6.42 Å². The standard InChI is InChI=1S/C17H18N2S/c1-2-19-16(13-6-5-9-18-11-13)10-14-12-20-17-8-4-3-7-15(14)17/h3-9,11-12,16,19H,2,10H2,1H3. The molecule has 1 N–H and O–H groups in total. The number of nitrogens with zero attached hydrogens (tertiary/aromatic N) is 1. The van der Waals surface area contributed by atoms with Crippen molar-refractivity contribution in [3.05, 3.63) is 65.3 Å². The summed E-state index contributed by atoms with van der Waals surface area (Å²) in [6.07, 6.45) is 4.79. The van der Waals surface area contributed by atoms with Gasteiger partial charge < -0.3 is 5.32 Å². The summed E-state index contributed by atoms with van der Waals surface area (Å²) in [5.74, 6) is 0. The second-order valence-electron chi connectivity index (χ2n) is 4.86. The van der Waals surface area contributed by atoms with Gasteiger partial charge in [-0.3, -0.25) is 4.98 Å². The number of benzene rings is 1. The Morgan fingerprint density at radius 2 is 2.10 bits per heavy atom. The fourth-order valence-electron chi connectivity index (χ4n) is 2.55. The van der Waals surface area contributed by atoms with Crippen molar-refractivity contribution < 1.29 is 0 Å². The van der Waals surface area contributed by atoms with E-state index in [2.05, 4.69) is 52.9 Å². The van der Waals surface area contributed by atoms with Gasteiger partial charge in [-0.25, -0.2) is 0 Å². The van der Waals surface area contributed by atoms with Gasteiger partial charge in [-0.15, -0.1) is 11.3 Å². The molecule has 1 aromatic carbocycles. The first kappa shape index (κ1) is 13.3. The lowest BCUT2D eigenvalue weighted by Gasteiger charge is -2.17. The van der Waals surface area contributed by atoms with Gasteiger partial charge in [0.1, 0.15) is 0 Å². The molecule has 2 heterocycles. The number of hydrogen-bond donors (Lipinski definition) is 1. The lowest BCUT2D eigenvalue weighted by Crippen LogP contribution is -2.22. The number of nitrogens with one attached hydrogen (secondary N) is 1. The molecule has 0 aliphatic heterocycles. The van der Waals surface area contributed by atoms with Gasteiger partial charge in [-0.05, 0) is 47.0 Å². The van der Waals surface area contributed by atoms with Crippen molar-refractivity contribution in [2.24, 2.45) is 0 Å². The molecule has 0 saturated carbocycles. The summed E-state index contributed by atoms with van der Waals surface area (Å²) in [6, 6.07) is 13.1. The zero-order valence-corrected chi connectivity index (χ0v) is 12.4. The molecule has 1 atom stereocenters. The average Bonchev–Trinajstić information content (AvgIpc) is 2.91. The molecule has 0 saturated heterocycles. The molecular weight excluding hydrogens is 264 g/mol. The first-order valence-electron chi connectivity index (χ1n) is 6.97. The quantitative estimate of drug-likeness (QED) is 0.759. The van der Waals surface area contributed by atoms with E-state index in [1.54, 1.807) is 0 Å². The molecule has 20 heavy (non-hydrogen) atoms. The predicted molar refractivity (Wildman–Crippen MR) is 86.2 cm³/mol. The number of aromatic nitrogens is 1. The van der Waals surface area contributed by atoms with Crippen molar-refractivity contribution in [1.29, 1.82) is 0 Å². The fourth-order valence-corrected chi connectivity index (χ4v) is 3.52. The van der Waals surface area contributed by atoms with Crippen LogP contribution in [0.25, 0.3) is 10.1 Å². The average molecular weight is 282 g/mol. The van der Waals surface area contributed by atoms with E-state index in [-0.39, 0.29) is 0 Å². The smallest absolute Gasteiger partial charge is 0.0376 e. The molecule has 0 bridgehead atoms. The van der Waals surface area contributed by atoms with Gasteiger partial charge in [-0.2, -0.15) is 0 Å². The Labute approximate surface area is 123 Å². The van der Waals surface area contributed by atoms with E-state index in [4.69, 9.17) is 0 Å². The van der Waals surface area contributed by atoms with Crippen LogP contribution in [-0.4, -0.2) is 11.5 Å². The third-order valence-electron chi connectivity index (χ3n) is 3.52. The minimum atomic E-state index is 0.326. The van der Waals surface area contributed by atoms with Gasteiger partial charge in [-0.1, -0.05) is 31.2 Å². The summed E-state index contributed by atoms with van der Waals surface area (Å²) in [6.45, 7) is 3.11. The van der Waals surface area contributed by atoms with Gasteiger partial charge in [0.2, 0.25) is 0 Å². The Bertz CT molecular complexity index is 676. The highest BCUT2D eigenvalue weighted by atomic mass is 32.1. The molecule has 0 spiro atoms. The summed E-state index contributed by atoms with van der Waals surface area (Å²) in [5.41, 5.74) is 2.67. The highest BCUT2D eigenvalue weighted by Crippen LogP contribution is 2.29. The predicted octanol–water partition coefficient (Wildman–Crippen LogP) is 4.19. The van der Waals surface area contributed by atoms with Crippen LogP contribution in [0.15, 0.2) is 54.2 Å². The summed E-state index contributed by atoms with van der Waals surface area (Å²) >= 11 is 1.83. The van der Waals surface area contributed by atoms with Crippen LogP contribution in [0, 0.1) is 0 Å². The number of pyridine rings is 1. The Morgan fingerprint density at radius 3 is 2.90 bits per heavy atom. The molecule has 3 aromatic rings. The zero-order chi connectivity index (χ0) is 13.8. The van der Waals surface area contributed by atoms with Crippen molar-refractivity contribution >= 4 is 21.4 Å². The van der Waals surface area contributed by atoms with E-state index < -0.39 is 0 Å². The molecule has 0 fully saturated rings. The van der Waals surface area contributed by atoms with Crippen molar-refractivity contribution in [2.45, 2.75) is 19.4 Å². The number of thiophene rings is 1. The minimum absolute atomic E-state index is 0.326. The molecule has 2 nitrogen and oxygen atoms in total. The lowest BCUT2D eigenvalue weighted by molar-refractivity contribution is 0.550. The van der Waals surface area contributed by atoms with Crippen LogP contribution in [0.1, 0.15) is 24.1 Å². The van der Waals surface area contributed by atoms with E-state index in [1.807, 2.05) is 29.8 Å². The first-order chi connectivity index (χ1) is 9.88. The van der Waals surface area contributed by atoms with Crippen molar-refractivity contribution in [3.63, 3.8) is 0 Å². The van der Waals surface area contributed by atoms with E-state index in [0.717, 1.165) is 13.0 Å². The SMILES string of the molecule is CCNC(Cc1csc2ccccc12)c1cccnc1. The molecule has 3 rings (SSSR count). The van der Waals surface area contributed by atoms with Crippen molar-refractivity contribution in [3.8, 4) is 0 Å². The Morgan fingerprint density at radius 1 is 1.20 bits per heavy atom. The topological polar surface area (TPSA) is 24.9 Å². The molecule has 0 aliphatic rings. The van der Waals surface area contributed by atoms with E-state index in [0.29, 0.717) is 6.04 Å². The molecular formula is C17H18N2S. The van der Waals surface area contributed by atoms with Gasteiger partial charge in [0, 0.05) is 23.1 Å². The summed E-state index contributed by atoms with van der Waals surface area (Å²) in [5, 5.41) is 7.23. The Balaban J connectivity index is 1.90. The van der Waals surface area contributed by atoms with Crippen molar-refractivity contribution in [1.82, 2.24) is 10.3 Å². The Kier molecular flexibility index (Phi) is 4.09. The number of fused-ring (bicyclic) bond motifs is 1. The fraction of sp³-hybridized carbons (Fsp3) is 0.235. The molecule has 1 unspecified atom stereocenters. The third kappa shape index (κ3) is 2.74.